The van der Waals surface area contributed by atoms with Crippen molar-refractivity contribution in [3.63, 3.8) is 0 Å². The minimum Gasteiger partial charge on any atom is -0.494 e. The minimum absolute atomic E-state index is 0.232. The number of halogens is 2. The molecule has 0 atom stereocenters. The highest BCUT2D eigenvalue weighted by molar-refractivity contribution is 9.10. The van der Waals surface area contributed by atoms with Crippen LogP contribution >= 0.6 is 15.9 Å². The number of ether oxygens (including phenoxy) is 2. The molecule has 0 radical (unpaired) electrons. The van der Waals surface area contributed by atoms with Crippen LogP contribution in [0.2, 0.25) is 0 Å². The van der Waals surface area contributed by atoms with Gasteiger partial charge in [0, 0.05) is 0 Å². The van der Waals surface area contributed by atoms with Gasteiger partial charge in [0.15, 0.2) is 11.6 Å². The number of methoxy groups -OCH3 is 1. The van der Waals surface area contributed by atoms with Gasteiger partial charge in [0.2, 0.25) is 0 Å². The van der Waals surface area contributed by atoms with E-state index in [2.05, 4.69) is 15.9 Å². The molecular weight excluding hydrogens is 347 g/mol. The lowest BCUT2D eigenvalue weighted by Gasteiger charge is -2.11. The molecule has 3 aromatic rings. The van der Waals surface area contributed by atoms with Crippen LogP contribution in [-0.4, -0.2) is 7.11 Å². The molecule has 3 rings (SSSR count). The van der Waals surface area contributed by atoms with Crippen LogP contribution in [0.5, 0.6) is 11.5 Å². The normalized spacial score (nSPS) is 10.7. The number of hydrogen-bond donors (Lipinski definition) is 0. The topological polar surface area (TPSA) is 18.5 Å². The van der Waals surface area contributed by atoms with Crippen molar-refractivity contribution in [1.82, 2.24) is 0 Å². The average Bonchev–Trinajstić information content (AvgIpc) is 2.55. The van der Waals surface area contributed by atoms with E-state index in [1.165, 1.54) is 13.2 Å². The van der Waals surface area contributed by atoms with Crippen molar-refractivity contribution in [1.29, 1.82) is 0 Å². The van der Waals surface area contributed by atoms with Crippen molar-refractivity contribution in [2.45, 2.75) is 6.61 Å². The Morgan fingerprint density at radius 2 is 1.77 bits per heavy atom. The fourth-order valence-electron chi connectivity index (χ4n) is 2.29. The van der Waals surface area contributed by atoms with Crippen molar-refractivity contribution < 1.29 is 13.9 Å². The minimum atomic E-state index is -0.388. The average molecular weight is 361 g/mol. The van der Waals surface area contributed by atoms with E-state index in [0.29, 0.717) is 0 Å². The van der Waals surface area contributed by atoms with Crippen LogP contribution in [-0.2, 0) is 6.61 Å². The monoisotopic (exact) mass is 360 g/mol. The van der Waals surface area contributed by atoms with Gasteiger partial charge in [0.25, 0.3) is 0 Å². The van der Waals surface area contributed by atoms with Gasteiger partial charge in [-0.2, -0.15) is 0 Å². The summed E-state index contributed by atoms with van der Waals surface area (Å²) >= 11 is 3.57. The van der Waals surface area contributed by atoms with Crippen LogP contribution in [0.15, 0.2) is 59.1 Å². The van der Waals surface area contributed by atoms with Crippen molar-refractivity contribution in [3.8, 4) is 11.5 Å². The maximum Gasteiger partial charge on any atom is 0.165 e. The maximum atomic E-state index is 13.7. The van der Waals surface area contributed by atoms with E-state index < -0.39 is 0 Å². The molecular formula is C18H14BrFO2. The summed E-state index contributed by atoms with van der Waals surface area (Å²) in [7, 11) is 1.45. The molecule has 0 spiro atoms. The van der Waals surface area contributed by atoms with Crippen LogP contribution < -0.4 is 9.47 Å². The van der Waals surface area contributed by atoms with E-state index in [4.69, 9.17) is 9.47 Å². The fraction of sp³-hybridized carbons (Fsp3) is 0.111. The zero-order chi connectivity index (χ0) is 15.5. The Kier molecular flexibility index (Phi) is 4.29. The summed E-state index contributed by atoms with van der Waals surface area (Å²) in [6, 6.07) is 16.8. The Balaban J connectivity index is 1.82. The molecule has 0 aliphatic carbocycles. The third-order valence-corrected chi connectivity index (χ3v) is 4.26. The SMILES string of the molecule is COc1ccc(COc2ccc3ccccc3c2Br)cc1F. The van der Waals surface area contributed by atoms with Gasteiger partial charge in [-0.25, -0.2) is 4.39 Å². The summed E-state index contributed by atoms with van der Waals surface area (Å²) in [6.45, 7) is 0.290. The second-order valence-corrected chi connectivity index (χ2v) is 5.65. The summed E-state index contributed by atoms with van der Waals surface area (Å²) in [6.07, 6.45) is 0. The predicted molar refractivity (Wildman–Crippen MR) is 88.9 cm³/mol. The lowest BCUT2D eigenvalue weighted by atomic mass is 10.1. The van der Waals surface area contributed by atoms with Gasteiger partial charge in [-0.3, -0.25) is 0 Å². The van der Waals surface area contributed by atoms with Gasteiger partial charge in [-0.05, 0) is 50.5 Å². The lowest BCUT2D eigenvalue weighted by molar-refractivity contribution is 0.303. The summed E-state index contributed by atoms with van der Waals surface area (Å²) in [5.41, 5.74) is 0.748. The lowest BCUT2D eigenvalue weighted by Crippen LogP contribution is -1.98. The summed E-state index contributed by atoms with van der Waals surface area (Å²) in [4.78, 5) is 0. The largest absolute Gasteiger partial charge is 0.494 e. The quantitative estimate of drug-likeness (QED) is 0.625. The van der Waals surface area contributed by atoms with Gasteiger partial charge in [0.05, 0.1) is 11.6 Å². The van der Waals surface area contributed by atoms with Crippen molar-refractivity contribution in [2.24, 2.45) is 0 Å². The Morgan fingerprint density at radius 3 is 2.55 bits per heavy atom. The van der Waals surface area contributed by atoms with E-state index in [1.54, 1.807) is 12.1 Å². The molecule has 0 aliphatic rings. The zero-order valence-electron chi connectivity index (χ0n) is 12.0. The highest BCUT2D eigenvalue weighted by Gasteiger charge is 2.08. The first-order valence-corrected chi connectivity index (χ1v) is 7.61. The number of benzene rings is 3. The van der Waals surface area contributed by atoms with Crippen molar-refractivity contribution >= 4 is 26.7 Å². The second-order valence-electron chi connectivity index (χ2n) is 4.86. The molecule has 112 valence electrons. The number of rotatable bonds is 4. The summed E-state index contributed by atoms with van der Waals surface area (Å²) < 4.78 is 25.3. The third-order valence-electron chi connectivity index (χ3n) is 3.44. The standard InChI is InChI=1S/C18H14BrFO2/c1-21-16-8-6-12(10-15(16)20)11-22-17-9-7-13-4-2-3-5-14(13)18(17)19/h2-10H,11H2,1H3. The van der Waals surface area contributed by atoms with Crippen LogP contribution in [0.4, 0.5) is 4.39 Å². The van der Waals surface area contributed by atoms with E-state index in [-0.39, 0.29) is 18.2 Å². The van der Waals surface area contributed by atoms with Crippen LogP contribution in [0.3, 0.4) is 0 Å². The molecule has 2 nitrogen and oxygen atoms in total. The first kappa shape index (κ1) is 14.9. The first-order chi connectivity index (χ1) is 10.7. The summed E-state index contributed by atoms with van der Waals surface area (Å²) in [5.74, 6) is 0.576. The molecule has 0 bridgehead atoms. The summed E-state index contributed by atoms with van der Waals surface area (Å²) in [5, 5.41) is 2.22. The first-order valence-electron chi connectivity index (χ1n) is 6.81. The number of fused-ring (bicyclic) bond motifs is 1. The fourth-order valence-corrected chi connectivity index (χ4v) is 2.89. The predicted octanol–water partition coefficient (Wildman–Crippen LogP) is 5.33. The molecule has 3 aromatic carbocycles. The molecule has 0 unspecified atom stereocenters. The molecule has 0 saturated carbocycles. The van der Waals surface area contributed by atoms with E-state index in [0.717, 1.165) is 26.6 Å². The van der Waals surface area contributed by atoms with E-state index in [1.807, 2.05) is 36.4 Å². The van der Waals surface area contributed by atoms with E-state index >= 15 is 0 Å². The van der Waals surface area contributed by atoms with Crippen LogP contribution in [0.1, 0.15) is 5.56 Å². The third kappa shape index (κ3) is 2.92. The smallest absolute Gasteiger partial charge is 0.165 e. The molecule has 0 fully saturated rings. The van der Waals surface area contributed by atoms with Gasteiger partial charge in [0.1, 0.15) is 12.4 Å². The second kappa shape index (κ2) is 6.36. The Labute approximate surface area is 136 Å². The molecule has 0 N–H and O–H groups in total. The van der Waals surface area contributed by atoms with Crippen LogP contribution in [0, 0.1) is 5.82 Å². The van der Waals surface area contributed by atoms with Crippen molar-refractivity contribution in [2.75, 3.05) is 7.11 Å². The number of hydrogen-bond acceptors (Lipinski definition) is 2. The maximum absolute atomic E-state index is 13.7. The highest BCUT2D eigenvalue weighted by Crippen LogP contribution is 2.33. The van der Waals surface area contributed by atoms with Gasteiger partial charge in [-0.15, -0.1) is 0 Å². The highest BCUT2D eigenvalue weighted by atomic mass is 79.9. The van der Waals surface area contributed by atoms with Gasteiger partial charge < -0.3 is 9.47 Å². The molecule has 0 saturated heterocycles. The molecule has 4 heteroatoms. The molecule has 0 aromatic heterocycles. The Hall–Kier alpha value is -2.07. The van der Waals surface area contributed by atoms with Crippen molar-refractivity contribution in [3.05, 3.63) is 70.5 Å². The van der Waals surface area contributed by atoms with E-state index in [9.17, 15) is 4.39 Å². The Bertz CT molecular complexity index is 817. The molecule has 0 amide bonds. The van der Waals surface area contributed by atoms with Crippen LogP contribution in [0.25, 0.3) is 10.8 Å². The molecule has 0 aliphatic heterocycles. The van der Waals surface area contributed by atoms with Gasteiger partial charge in [-0.1, -0.05) is 36.4 Å². The Morgan fingerprint density at radius 1 is 1.00 bits per heavy atom. The zero-order valence-corrected chi connectivity index (χ0v) is 13.6. The molecule has 22 heavy (non-hydrogen) atoms. The van der Waals surface area contributed by atoms with Gasteiger partial charge >= 0.3 is 0 Å². The molecule has 0 heterocycles.